The molecule has 0 aromatic rings. The average Bonchev–Trinajstić information content (AvgIpc) is 2.74. The van der Waals surface area contributed by atoms with Gasteiger partial charge in [0.05, 0.1) is 0 Å². The predicted molar refractivity (Wildman–Crippen MR) is 59.1 cm³/mol. The monoisotopic (exact) mass is 198 g/mol. The van der Waals surface area contributed by atoms with Crippen LogP contribution in [-0.2, 0) is 0 Å². The standard InChI is InChI=1S/C10H14S2/c1-2-6-9(5-1)11-12-10-7-3-4-8-10/h5,7H,1-4,6,8H2. The van der Waals surface area contributed by atoms with Gasteiger partial charge < -0.3 is 0 Å². The lowest BCUT2D eigenvalue weighted by molar-refractivity contribution is 0.925. The molecule has 66 valence electrons. The summed E-state index contributed by atoms with van der Waals surface area (Å²) in [4.78, 5) is 3.21. The minimum absolute atomic E-state index is 1.31. The van der Waals surface area contributed by atoms with Gasteiger partial charge in [-0.15, -0.1) is 0 Å². The lowest BCUT2D eigenvalue weighted by Gasteiger charge is -2.00. The summed E-state index contributed by atoms with van der Waals surface area (Å²) in [6.07, 6.45) is 12.8. The molecule has 0 nitrogen and oxygen atoms in total. The Morgan fingerprint density at radius 2 is 1.33 bits per heavy atom. The fourth-order valence-corrected chi connectivity index (χ4v) is 4.13. The average molecular weight is 198 g/mol. The van der Waals surface area contributed by atoms with Gasteiger partial charge in [-0.05, 0) is 48.3 Å². The largest absolute Gasteiger partial charge is 0.0741 e. The fraction of sp³-hybridized carbons (Fsp3) is 0.600. The molecule has 0 bridgehead atoms. The van der Waals surface area contributed by atoms with Crippen LogP contribution in [0.5, 0.6) is 0 Å². The normalized spacial score (nSPS) is 22.7. The molecule has 2 rings (SSSR count). The SMILES string of the molecule is C1=C(SSC2=CCCC2)CCC1. The zero-order chi connectivity index (χ0) is 8.23. The Kier molecular flexibility index (Phi) is 3.23. The first-order valence-corrected chi connectivity index (χ1v) is 6.83. The summed E-state index contributed by atoms with van der Waals surface area (Å²) in [5.41, 5.74) is 0. The molecule has 2 heteroatoms. The van der Waals surface area contributed by atoms with E-state index in [1.807, 2.05) is 21.6 Å². The van der Waals surface area contributed by atoms with E-state index in [2.05, 4.69) is 12.2 Å². The Labute approximate surface area is 82.3 Å². The van der Waals surface area contributed by atoms with Gasteiger partial charge in [0.1, 0.15) is 0 Å². The summed E-state index contributed by atoms with van der Waals surface area (Å²) >= 11 is 0. The molecule has 0 aliphatic heterocycles. The second-order valence-corrected chi connectivity index (χ2v) is 5.67. The second kappa shape index (κ2) is 4.43. The molecular formula is C10H14S2. The third-order valence-electron chi connectivity index (χ3n) is 2.25. The summed E-state index contributed by atoms with van der Waals surface area (Å²) in [7, 11) is 3.98. The third kappa shape index (κ3) is 2.33. The van der Waals surface area contributed by atoms with E-state index in [1.54, 1.807) is 9.81 Å². The van der Waals surface area contributed by atoms with Crippen LogP contribution in [0, 0.1) is 0 Å². The summed E-state index contributed by atoms with van der Waals surface area (Å²) in [5.74, 6) is 0. The van der Waals surface area contributed by atoms with E-state index < -0.39 is 0 Å². The van der Waals surface area contributed by atoms with Crippen molar-refractivity contribution in [2.75, 3.05) is 0 Å². The summed E-state index contributed by atoms with van der Waals surface area (Å²) in [6, 6.07) is 0. The van der Waals surface area contributed by atoms with Crippen LogP contribution in [-0.4, -0.2) is 0 Å². The van der Waals surface area contributed by atoms with Crippen molar-refractivity contribution in [2.24, 2.45) is 0 Å². The van der Waals surface area contributed by atoms with Crippen LogP contribution < -0.4 is 0 Å². The van der Waals surface area contributed by atoms with Crippen molar-refractivity contribution in [1.29, 1.82) is 0 Å². The van der Waals surface area contributed by atoms with Crippen molar-refractivity contribution < 1.29 is 0 Å². The quantitative estimate of drug-likeness (QED) is 0.612. The van der Waals surface area contributed by atoms with Crippen LogP contribution in [0.15, 0.2) is 22.0 Å². The van der Waals surface area contributed by atoms with E-state index in [-0.39, 0.29) is 0 Å². The topological polar surface area (TPSA) is 0 Å². The summed E-state index contributed by atoms with van der Waals surface area (Å²) in [5, 5.41) is 0. The Hall–Kier alpha value is 0.180. The van der Waals surface area contributed by atoms with Gasteiger partial charge >= 0.3 is 0 Å². The lowest BCUT2D eigenvalue weighted by atomic mass is 10.4. The molecule has 0 aromatic carbocycles. The Morgan fingerprint density at radius 3 is 1.67 bits per heavy atom. The van der Waals surface area contributed by atoms with Crippen LogP contribution in [0.3, 0.4) is 0 Å². The van der Waals surface area contributed by atoms with Crippen LogP contribution in [0.2, 0.25) is 0 Å². The van der Waals surface area contributed by atoms with Crippen molar-refractivity contribution >= 4 is 21.6 Å². The van der Waals surface area contributed by atoms with E-state index in [9.17, 15) is 0 Å². The first kappa shape index (κ1) is 8.76. The van der Waals surface area contributed by atoms with E-state index in [1.165, 1.54) is 38.5 Å². The van der Waals surface area contributed by atoms with Crippen molar-refractivity contribution in [3.8, 4) is 0 Å². The summed E-state index contributed by atoms with van der Waals surface area (Å²) < 4.78 is 0. The van der Waals surface area contributed by atoms with Gasteiger partial charge in [-0.1, -0.05) is 33.7 Å². The van der Waals surface area contributed by atoms with Crippen LogP contribution in [0.1, 0.15) is 38.5 Å². The highest BCUT2D eigenvalue weighted by molar-refractivity contribution is 8.79. The molecule has 0 fully saturated rings. The van der Waals surface area contributed by atoms with E-state index in [0.717, 1.165) is 0 Å². The lowest BCUT2D eigenvalue weighted by Crippen LogP contribution is -1.67. The number of hydrogen-bond acceptors (Lipinski definition) is 2. The van der Waals surface area contributed by atoms with Gasteiger partial charge in [0, 0.05) is 0 Å². The Morgan fingerprint density at radius 1 is 0.833 bits per heavy atom. The molecule has 12 heavy (non-hydrogen) atoms. The van der Waals surface area contributed by atoms with Crippen molar-refractivity contribution in [2.45, 2.75) is 38.5 Å². The maximum absolute atomic E-state index is 2.40. The molecular weight excluding hydrogens is 184 g/mol. The highest BCUT2D eigenvalue weighted by Crippen LogP contribution is 2.44. The predicted octanol–water partition coefficient (Wildman–Crippen LogP) is 4.50. The number of hydrogen-bond donors (Lipinski definition) is 0. The zero-order valence-corrected chi connectivity index (χ0v) is 8.85. The minimum atomic E-state index is 1.31. The molecule has 2 aliphatic carbocycles. The van der Waals surface area contributed by atoms with Gasteiger partial charge in [0.15, 0.2) is 0 Å². The molecule has 0 saturated heterocycles. The van der Waals surface area contributed by atoms with Gasteiger partial charge in [-0.3, -0.25) is 0 Å². The molecule has 0 radical (unpaired) electrons. The molecule has 0 saturated carbocycles. The van der Waals surface area contributed by atoms with E-state index in [0.29, 0.717) is 0 Å². The molecule has 0 unspecified atom stereocenters. The van der Waals surface area contributed by atoms with Crippen LogP contribution in [0.25, 0.3) is 0 Å². The maximum Gasteiger partial charge on any atom is -0.00783 e. The Bertz CT molecular complexity index is 192. The summed E-state index contributed by atoms with van der Waals surface area (Å²) in [6.45, 7) is 0. The third-order valence-corrected chi connectivity index (χ3v) is 5.04. The van der Waals surface area contributed by atoms with Gasteiger partial charge in [-0.2, -0.15) is 0 Å². The van der Waals surface area contributed by atoms with Crippen molar-refractivity contribution in [3.05, 3.63) is 22.0 Å². The molecule has 0 atom stereocenters. The Balaban J connectivity index is 1.74. The van der Waals surface area contributed by atoms with Crippen LogP contribution in [0.4, 0.5) is 0 Å². The second-order valence-electron chi connectivity index (χ2n) is 3.29. The fourth-order valence-electron chi connectivity index (χ4n) is 1.54. The first-order chi connectivity index (χ1) is 5.95. The van der Waals surface area contributed by atoms with E-state index in [4.69, 9.17) is 0 Å². The first-order valence-electron chi connectivity index (χ1n) is 4.68. The van der Waals surface area contributed by atoms with Crippen LogP contribution >= 0.6 is 21.6 Å². The smallest absolute Gasteiger partial charge is 0.00783 e. The maximum atomic E-state index is 2.40. The number of allylic oxidation sites excluding steroid dienone is 4. The van der Waals surface area contributed by atoms with E-state index >= 15 is 0 Å². The van der Waals surface area contributed by atoms with Gasteiger partial charge in [-0.25, -0.2) is 0 Å². The molecule has 0 N–H and O–H groups in total. The molecule has 0 amide bonds. The minimum Gasteiger partial charge on any atom is -0.0741 e. The zero-order valence-electron chi connectivity index (χ0n) is 7.21. The van der Waals surface area contributed by atoms with Gasteiger partial charge in [0.25, 0.3) is 0 Å². The molecule has 2 aliphatic rings. The van der Waals surface area contributed by atoms with Gasteiger partial charge in [0.2, 0.25) is 0 Å². The molecule has 0 heterocycles. The highest BCUT2D eigenvalue weighted by atomic mass is 33.1. The highest BCUT2D eigenvalue weighted by Gasteiger charge is 2.09. The van der Waals surface area contributed by atoms with Crippen molar-refractivity contribution in [1.82, 2.24) is 0 Å². The molecule has 0 spiro atoms. The van der Waals surface area contributed by atoms with Crippen molar-refractivity contribution in [3.63, 3.8) is 0 Å². The number of rotatable bonds is 3. The molecule has 0 aromatic heterocycles.